The molecule has 0 spiro atoms. The van der Waals surface area contributed by atoms with Gasteiger partial charge in [0, 0.05) is 0 Å². The van der Waals surface area contributed by atoms with Crippen LogP contribution >= 0.6 is 0 Å². The number of nitrogens with zero attached hydrogens (tertiary/aromatic N) is 1. The summed E-state index contributed by atoms with van der Waals surface area (Å²) in [5.74, 6) is 0.342. The van der Waals surface area contributed by atoms with Crippen LogP contribution < -0.4 is 5.32 Å². The SMILES string of the molecule is Cc1ccc(CN2C(=O)N/C(=C/C=C/c3ccco3)C2=O)cc1. The van der Waals surface area contributed by atoms with Crippen molar-refractivity contribution in [1.29, 1.82) is 0 Å². The van der Waals surface area contributed by atoms with Crippen LogP contribution in [0.25, 0.3) is 6.08 Å². The van der Waals surface area contributed by atoms with Gasteiger partial charge >= 0.3 is 6.03 Å². The molecule has 0 bridgehead atoms. The monoisotopic (exact) mass is 308 g/mol. The van der Waals surface area contributed by atoms with Crippen LogP contribution in [0.2, 0.25) is 0 Å². The summed E-state index contributed by atoms with van der Waals surface area (Å²) in [6.07, 6.45) is 6.52. The molecule has 1 aliphatic rings. The fourth-order valence-corrected chi connectivity index (χ4v) is 2.23. The number of urea groups is 1. The minimum atomic E-state index is -0.409. The number of carbonyl (C=O) groups is 2. The Bertz CT molecular complexity index is 771. The van der Waals surface area contributed by atoms with Crippen LogP contribution in [-0.4, -0.2) is 16.8 Å². The maximum atomic E-state index is 12.3. The summed E-state index contributed by atoms with van der Waals surface area (Å²) in [5, 5.41) is 2.58. The fourth-order valence-electron chi connectivity index (χ4n) is 2.23. The molecule has 0 saturated carbocycles. The smallest absolute Gasteiger partial charge is 0.329 e. The van der Waals surface area contributed by atoms with Crippen LogP contribution in [0.1, 0.15) is 16.9 Å². The first-order valence-electron chi connectivity index (χ1n) is 7.24. The minimum Gasteiger partial charge on any atom is -0.465 e. The first-order chi connectivity index (χ1) is 11.1. The van der Waals surface area contributed by atoms with Crippen LogP contribution in [-0.2, 0) is 11.3 Å². The Labute approximate surface area is 133 Å². The zero-order chi connectivity index (χ0) is 16.2. The van der Waals surface area contributed by atoms with E-state index in [1.165, 1.54) is 4.90 Å². The molecular formula is C18H16N2O3. The highest BCUT2D eigenvalue weighted by atomic mass is 16.3. The predicted molar refractivity (Wildman–Crippen MR) is 86.1 cm³/mol. The Balaban J connectivity index is 1.70. The summed E-state index contributed by atoms with van der Waals surface area (Å²) in [4.78, 5) is 25.5. The van der Waals surface area contributed by atoms with Crippen molar-refractivity contribution in [3.63, 3.8) is 0 Å². The molecule has 2 heterocycles. The van der Waals surface area contributed by atoms with E-state index in [-0.39, 0.29) is 18.1 Å². The van der Waals surface area contributed by atoms with Crippen molar-refractivity contribution in [2.75, 3.05) is 0 Å². The molecule has 1 fully saturated rings. The maximum Gasteiger partial charge on any atom is 0.329 e. The normalized spacial score (nSPS) is 16.6. The molecule has 116 valence electrons. The van der Waals surface area contributed by atoms with E-state index >= 15 is 0 Å². The molecule has 5 heteroatoms. The van der Waals surface area contributed by atoms with Crippen LogP contribution in [0.3, 0.4) is 0 Å². The van der Waals surface area contributed by atoms with E-state index in [4.69, 9.17) is 4.42 Å². The summed E-state index contributed by atoms with van der Waals surface area (Å²) in [7, 11) is 0. The molecule has 23 heavy (non-hydrogen) atoms. The molecule has 1 N–H and O–H groups in total. The highest BCUT2D eigenvalue weighted by Gasteiger charge is 2.32. The Morgan fingerprint density at radius 3 is 2.65 bits per heavy atom. The van der Waals surface area contributed by atoms with E-state index in [1.807, 2.05) is 31.2 Å². The summed E-state index contributed by atoms with van der Waals surface area (Å²) < 4.78 is 5.16. The maximum absolute atomic E-state index is 12.3. The first kappa shape index (κ1) is 14.8. The summed E-state index contributed by atoms with van der Waals surface area (Å²) in [6, 6.07) is 10.9. The molecule has 0 atom stereocenters. The van der Waals surface area contributed by atoms with Crippen molar-refractivity contribution in [2.45, 2.75) is 13.5 Å². The second-order valence-electron chi connectivity index (χ2n) is 5.26. The zero-order valence-corrected chi connectivity index (χ0v) is 12.7. The predicted octanol–water partition coefficient (Wildman–Crippen LogP) is 3.24. The van der Waals surface area contributed by atoms with E-state index < -0.39 is 6.03 Å². The fraction of sp³-hybridized carbons (Fsp3) is 0.111. The average molecular weight is 308 g/mol. The molecule has 1 aliphatic heterocycles. The third-order valence-corrected chi connectivity index (χ3v) is 3.49. The Morgan fingerprint density at radius 1 is 1.17 bits per heavy atom. The van der Waals surface area contributed by atoms with Gasteiger partial charge in [-0.25, -0.2) is 4.79 Å². The lowest BCUT2D eigenvalue weighted by molar-refractivity contribution is -0.123. The van der Waals surface area contributed by atoms with Gasteiger partial charge in [-0.3, -0.25) is 9.69 Å². The van der Waals surface area contributed by atoms with Crippen molar-refractivity contribution in [3.8, 4) is 0 Å². The van der Waals surface area contributed by atoms with E-state index in [0.717, 1.165) is 11.1 Å². The average Bonchev–Trinajstić information content (AvgIpc) is 3.14. The summed E-state index contributed by atoms with van der Waals surface area (Å²) >= 11 is 0. The van der Waals surface area contributed by atoms with Gasteiger partial charge in [-0.2, -0.15) is 0 Å². The van der Waals surface area contributed by atoms with Gasteiger partial charge < -0.3 is 9.73 Å². The summed E-state index contributed by atoms with van der Waals surface area (Å²) in [5.41, 5.74) is 2.30. The standard InChI is InChI=1S/C18H16N2O3/c1-13-7-9-14(10-8-13)12-20-17(21)16(19-18(20)22)6-2-4-15-5-3-11-23-15/h2-11H,12H2,1H3,(H,19,22)/b4-2+,16-6+. The number of allylic oxidation sites excluding steroid dienone is 2. The second kappa shape index (κ2) is 6.36. The number of nitrogens with one attached hydrogen (secondary N) is 1. The number of benzene rings is 1. The number of aryl methyl sites for hydroxylation is 1. The number of amides is 3. The molecule has 1 aromatic heterocycles. The Morgan fingerprint density at radius 2 is 1.96 bits per heavy atom. The van der Waals surface area contributed by atoms with Gasteiger partial charge in [0.15, 0.2) is 0 Å². The molecule has 0 unspecified atom stereocenters. The van der Waals surface area contributed by atoms with E-state index in [1.54, 1.807) is 36.6 Å². The third-order valence-electron chi connectivity index (χ3n) is 3.49. The Hall–Kier alpha value is -3.08. The number of imide groups is 1. The number of hydrogen-bond acceptors (Lipinski definition) is 3. The molecule has 3 rings (SSSR count). The molecule has 1 saturated heterocycles. The first-order valence-corrected chi connectivity index (χ1v) is 7.24. The summed E-state index contributed by atoms with van der Waals surface area (Å²) in [6.45, 7) is 2.24. The van der Waals surface area contributed by atoms with Crippen molar-refractivity contribution in [1.82, 2.24) is 10.2 Å². The lowest BCUT2D eigenvalue weighted by Crippen LogP contribution is -2.30. The van der Waals surface area contributed by atoms with Crippen molar-refractivity contribution in [2.24, 2.45) is 0 Å². The zero-order valence-electron chi connectivity index (χ0n) is 12.7. The lowest BCUT2D eigenvalue weighted by Gasteiger charge is -2.11. The topological polar surface area (TPSA) is 62.6 Å². The van der Waals surface area contributed by atoms with Crippen LogP contribution in [0.15, 0.2) is 64.9 Å². The van der Waals surface area contributed by atoms with Gasteiger partial charge in [-0.15, -0.1) is 0 Å². The molecule has 1 aromatic carbocycles. The number of carbonyl (C=O) groups excluding carboxylic acids is 2. The molecule has 0 aliphatic carbocycles. The van der Waals surface area contributed by atoms with Gasteiger partial charge in [0.2, 0.25) is 0 Å². The lowest BCUT2D eigenvalue weighted by atomic mass is 10.1. The molecule has 2 aromatic rings. The highest BCUT2D eigenvalue weighted by molar-refractivity contribution is 6.11. The van der Waals surface area contributed by atoms with Crippen LogP contribution in [0.5, 0.6) is 0 Å². The van der Waals surface area contributed by atoms with Crippen molar-refractivity contribution < 1.29 is 14.0 Å². The van der Waals surface area contributed by atoms with E-state index in [0.29, 0.717) is 5.76 Å². The van der Waals surface area contributed by atoms with Crippen LogP contribution in [0, 0.1) is 6.92 Å². The molecular weight excluding hydrogens is 292 g/mol. The van der Waals surface area contributed by atoms with Gasteiger partial charge in [-0.05, 0) is 36.8 Å². The van der Waals surface area contributed by atoms with Gasteiger partial charge in [0.25, 0.3) is 5.91 Å². The van der Waals surface area contributed by atoms with Gasteiger partial charge in [0.1, 0.15) is 11.5 Å². The third kappa shape index (κ3) is 3.40. The number of hydrogen-bond donors (Lipinski definition) is 1. The minimum absolute atomic E-state index is 0.254. The quantitative estimate of drug-likeness (QED) is 0.696. The van der Waals surface area contributed by atoms with Gasteiger partial charge in [0.05, 0.1) is 12.8 Å². The second-order valence-corrected chi connectivity index (χ2v) is 5.26. The van der Waals surface area contributed by atoms with E-state index in [9.17, 15) is 9.59 Å². The molecule has 0 radical (unpaired) electrons. The van der Waals surface area contributed by atoms with Crippen molar-refractivity contribution >= 4 is 18.0 Å². The van der Waals surface area contributed by atoms with Gasteiger partial charge in [-0.1, -0.05) is 35.9 Å². The number of furan rings is 1. The molecule has 3 amide bonds. The number of rotatable bonds is 4. The highest BCUT2D eigenvalue weighted by Crippen LogP contribution is 2.15. The Kier molecular flexibility index (Phi) is 4.10. The van der Waals surface area contributed by atoms with Crippen LogP contribution in [0.4, 0.5) is 4.79 Å². The molecule has 5 nitrogen and oxygen atoms in total. The van der Waals surface area contributed by atoms with Crippen molar-refractivity contribution in [3.05, 3.63) is 77.4 Å². The largest absolute Gasteiger partial charge is 0.465 e. The van der Waals surface area contributed by atoms with E-state index in [2.05, 4.69) is 5.32 Å².